The minimum Gasteiger partial charge on any atom is -0.497 e. The lowest BCUT2D eigenvalue weighted by atomic mass is 10.1. The van der Waals surface area contributed by atoms with E-state index in [0.717, 1.165) is 12.8 Å². The van der Waals surface area contributed by atoms with E-state index < -0.39 is 30.4 Å². The lowest BCUT2D eigenvalue weighted by molar-refractivity contribution is -0.151. The first-order chi connectivity index (χ1) is 16.4. The molecule has 9 heteroatoms. The monoisotopic (exact) mass is 468 g/mol. The number of esters is 2. The van der Waals surface area contributed by atoms with Gasteiger partial charge >= 0.3 is 11.9 Å². The van der Waals surface area contributed by atoms with Gasteiger partial charge < -0.3 is 24.4 Å². The smallest absolute Gasteiger partial charge is 0.338 e. The summed E-state index contributed by atoms with van der Waals surface area (Å²) in [5.41, 5.74) is 1.47. The molecular formula is C25H28N2O7. The molecule has 1 N–H and O–H groups in total. The number of nitrogens with zero attached hydrogens (tertiary/aromatic N) is 1. The quantitative estimate of drug-likeness (QED) is 0.421. The molecule has 0 radical (unpaired) electrons. The van der Waals surface area contributed by atoms with Crippen LogP contribution in [0.25, 0.3) is 0 Å². The Bertz CT molecular complexity index is 1040. The number of carbonyl (C=O) groups is 4. The second kappa shape index (κ2) is 11.8. The van der Waals surface area contributed by atoms with Gasteiger partial charge in [-0.1, -0.05) is 19.4 Å². The van der Waals surface area contributed by atoms with Gasteiger partial charge in [-0.2, -0.15) is 0 Å². The molecule has 1 aliphatic heterocycles. The van der Waals surface area contributed by atoms with E-state index in [1.54, 1.807) is 48.5 Å². The van der Waals surface area contributed by atoms with E-state index in [9.17, 15) is 19.2 Å². The summed E-state index contributed by atoms with van der Waals surface area (Å²) >= 11 is 0. The summed E-state index contributed by atoms with van der Waals surface area (Å²) in [6.07, 6.45) is 1.74. The molecule has 9 nitrogen and oxygen atoms in total. The molecule has 0 bridgehead atoms. The fourth-order valence-electron chi connectivity index (χ4n) is 3.43. The highest BCUT2D eigenvalue weighted by Crippen LogP contribution is 2.28. The molecular weight excluding hydrogens is 440 g/mol. The highest BCUT2D eigenvalue weighted by molar-refractivity contribution is 6.00. The number of methoxy groups -OCH3 is 1. The standard InChI is InChI=1S/C25H28N2O7/c1-3-4-12-33-24(30)17-8-10-19(11-9-17)26-22(28)16-34-25(31)18-13-23(29)27(15-18)20-6-5-7-21(14-20)32-2/h5-11,14,18H,3-4,12-13,15-16H2,1-2H3,(H,26,28)/t18-/m1/s1. The van der Waals surface area contributed by atoms with Crippen LogP contribution in [0, 0.1) is 5.92 Å². The van der Waals surface area contributed by atoms with Gasteiger partial charge in [0.05, 0.1) is 25.2 Å². The molecule has 0 spiro atoms. The van der Waals surface area contributed by atoms with Gasteiger partial charge in [0.1, 0.15) is 5.75 Å². The van der Waals surface area contributed by atoms with Crippen LogP contribution in [0.3, 0.4) is 0 Å². The van der Waals surface area contributed by atoms with Crippen LogP contribution in [0.15, 0.2) is 48.5 Å². The average Bonchev–Trinajstić information content (AvgIpc) is 3.24. The summed E-state index contributed by atoms with van der Waals surface area (Å²) in [7, 11) is 1.53. The predicted molar refractivity (Wildman–Crippen MR) is 125 cm³/mol. The minimum atomic E-state index is -0.662. The van der Waals surface area contributed by atoms with Crippen LogP contribution in [-0.4, -0.2) is 50.6 Å². The highest BCUT2D eigenvalue weighted by Gasteiger charge is 2.36. The van der Waals surface area contributed by atoms with Gasteiger partial charge in [-0.3, -0.25) is 14.4 Å². The highest BCUT2D eigenvalue weighted by atomic mass is 16.5. The van der Waals surface area contributed by atoms with Gasteiger partial charge in [0.25, 0.3) is 5.91 Å². The molecule has 180 valence electrons. The van der Waals surface area contributed by atoms with Crippen molar-refractivity contribution in [2.45, 2.75) is 26.2 Å². The Balaban J connectivity index is 1.46. The maximum Gasteiger partial charge on any atom is 0.338 e. The molecule has 2 aromatic rings. The van der Waals surface area contributed by atoms with Gasteiger partial charge in [-0.15, -0.1) is 0 Å². The number of hydrogen-bond donors (Lipinski definition) is 1. The predicted octanol–water partition coefficient (Wildman–Crippen LogP) is 3.19. The maximum absolute atomic E-state index is 12.4. The summed E-state index contributed by atoms with van der Waals surface area (Å²) in [5, 5.41) is 2.60. The average molecular weight is 469 g/mol. The van der Waals surface area contributed by atoms with Gasteiger partial charge in [0.15, 0.2) is 6.61 Å². The third kappa shape index (κ3) is 6.57. The van der Waals surface area contributed by atoms with Crippen molar-refractivity contribution < 1.29 is 33.4 Å². The first-order valence-corrected chi connectivity index (χ1v) is 11.1. The second-order valence-electron chi connectivity index (χ2n) is 7.83. The van der Waals surface area contributed by atoms with E-state index >= 15 is 0 Å². The van der Waals surface area contributed by atoms with Crippen molar-refractivity contribution in [1.29, 1.82) is 0 Å². The van der Waals surface area contributed by atoms with Gasteiger partial charge in [0.2, 0.25) is 5.91 Å². The Labute approximate surface area is 198 Å². The lowest BCUT2D eigenvalue weighted by Gasteiger charge is -2.17. The zero-order valence-electron chi connectivity index (χ0n) is 19.2. The van der Waals surface area contributed by atoms with Crippen LogP contribution >= 0.6 is 0 Å². The Morgan fingerprint density at radius 3 is 2.56 bits per heavy atom. The summed E-state index contributed by atoms with van der Waals surface area (Å²) in [6.45, 7) is 2.06. The summed E-state index contributed by atoms with van der Waals surface area (Å²) in [4.78, 5) is 50.4. The largest absolute Gasteiger partial charge is 0.497 e. The third-order valence-corrected chi connectivity index (χ3v) is 5.30. The number of anilines is 2. The van der Waals surface area contributed by atoms with Crippen LogP contribution in [0.2, 0.25) is 0 Å². The van der Waals surface area contributed by atoms with E-state index in [2.05, 4.69) is 5.32 Å². The molecule has 2 aromatic carbocycles. The normalized spacial score (nSPS) is 15.1. The summed E-state index contributed by atoms with van der Waals surface area (Å²) < 4.78 is 15.4. The van der Waals surface area contributed by atoms with E-state index in [0.29, 0.717) is 29.3 Å². The number of unbranched alkanes of at least 4 members (excludes halogenated alkanes) is 1. The Hall–Kier alpha value is -3.88. The number of benzene rings is 2. The molecule has 0 aliphatic carbocycles. The van der Waals surface area contributed by atoms with Crippen LogP contribution in [0.4, 0.5) is 11.4 Å². The van der Waals surface area contributed by atoms with Crippen molar-refractivity contribution in [2.24, 2.45) is 5.92 Å². The number of ether oxygens (including phenoxy) is 3. The van der Waals surface area contributed by atoms with E-state index in [1.807, 2.05) is 6.92 Å². The minimum absolute atomic E-state index is 0.00742. The molecule has 1 saturated heterocycles. The zero-order chi connectivity index (χ0) is 24.5. The molecule has 1 fully saturated rings. The van der Waals surface area contributed by atoms with Crippen molar-refractivity contribution >= 4 is 35.1 Å². The van der Waals surface area contributed by atoms with Crippen molar-refractivity contribution in [2.75, 3.05) is 37.1 Å². The van der Waals surface area contributed by atoms with Crippen molar-refractivity contribution in [3.8, 4) is 5.75 Å². The molecule has 1 heterocycles. The lowest BCUT2D eigenvalue weighted by Crippen LogP contribution is -2.28. The number of amides is 2. The van der Waals surface area contributed by atoms with Crippen LogP contribution in [0.1, 0.15) is 36.5 Å². The summed E-state index contributed by atoms with van der Waals surface area (Å²) in [6, 6.07) is 13.2. The molecule has 34 heavy (non-hydrogen) atoms. The zero-order valence-corrected chi connectivity index (χ0v) is 19.2. The molecule has 1 aliphatic rings. The fourth-order valence-corrected chi connectivity index (χ4v) is 3.43. The van der Waals surface area contributed by atoms with Gasteiger partial charge in [-0.05, 0) is 42.8 Å². The Morgan fingerprint density at radius 2 is 1.85 bits per heavy atom. The third-order valence-electron chi connectivity index (χ3n) is 5.30. The maximum atomic E-state index is 12.4. The molecule has 0 saturated carbocycles. The number of rotatable bonds is 10. The van der Waals surface area contributed by atoms with Crippen molar-refractivity contribution in [1.82, 2.24) is 0 Å². The number of carbonyl (C=O) groups excluding carboxylic acids is 4. The van der Waals surface area contributed by atoms with E-state index in [-0.39, 0.29) is 18.9 Å². The number of hydrogen-bond acceptors (Lipinski definition) is 7. The second-order valence-corrected chi connectivity index (χ2v) is 7.83. The first-order valence-electron chi connectivity index (χ1n) is 11.1. The molecule has 2 amide bonds. The Morgan fingerprint density at radius 1 is 1.09 bits per heavy atom. The molecule has 0 aromatic heterocycles. The number of nitrogens with one attached hydrogen (secondary N) is 1. The van der Waals surface area contributed by atoms with Crippen LogP contribution in [0.5, 0.6) is 5.75 Å². The molecule has 1 atom stereocenters. The van der Waals surface area contributed by atoms with Crippen LogP contribution < -0.4 is 15.0 Å². The Kier molecular flexibility index (Phi) is 8.61. The molecule has 0 unspecified atom stereocenters. The van der Waals surface area contributed by atoms with E-state index in [4.69, 9.17) is 14.2 Å². The fraction of sp³-hybridized carbons (Fsp3) is 0.360. The van der Waals surface area contributed by atoms with Gasteiger partial charge in [0, 0.05) is 30.4 Å². The van der Waals surface area contributed by atoms with Crippen molar-refractivity contribution in [3.63, 3.8) is 0 Å². The van der Waals surface area contributed by atoms with E-state index in [1.165, 1.54) is 12.0 Å². The first kappa shape index (κ1) is 24.8. The topological polar surface area (TPSA) is 111 Å². The van der Waals surface area contributed by atoms with Crippen molar-refractivity contribution in [3.05, 3.63) is 54.1 Å². The summed E-state index contributed by atoms with van der Waals surface area (Å²) in [5.74, 6) is -1.82. The van der Waals surface area contributed by atoms with Crippen LogP contribution in [-0.2, 0) is 23.9 Å². The SMILES string of the molecule is CCCCOC(=O)c1ccc(NC(=O)COC(=O)[C@@H]2CC(=O)N(c3cccc(OC)c3)C2)cc1. The van der Waals surface area contributed by atoms with Gasteiger partial charge in [-0.25, -0.2) is 4.79 Å². The molecule has 3 rings (SSSR count).